The van der Waals surface area contributed by atoms with Crippen molar-refractivity contribution in [3.63, 3.8) is 0 Å². The number of aromatic nitrogens is 2. The van der Waals surface area contributed by atoms with Gasteiger partial charge in [0.15, 0.2) is 5.52 Å². The third kappa shape index (κ3) is 2.01. The number of imidazole rings is 1. The first-order valence-electron chi connectivity index (χ1n) is 7.06. The maximum atomic E-state index is 2.24. The van der Waals surface area contributed by atoms with E-state index in [2.05, 4.69) is 88.1 Å². The molecule has 0 unspecified atom stereocenters. The number of hydrogen-bond acceptors (Lipinski definition) is 0. The van der Waals surface area contributed by atoms with Crippen LogP contribution in [0.5, 0.6) is 0 Å². The number of hydrogen-bond donors (Lipinski definition) is 0. The lowest BCUT2D eigenvalue weighted by Crippen LogP contribution is -2.31. The molecule has 0 aliphatic heterocycles. The smallest absolute Gasteiger partial charge is 0.195 e. The van der Waals surface area contributed by atoms with Gasteiger partial charge in [-0.2, -0.15) is 8.97 Å². The molecule has 0 saturated heterocycles. The van der Waals surface area contributed by atoms with Crippen molar-refractivity contribution in [3.8, 4) is 17.1 Å². The summed E-state index contributed by atoms with van der Waals surface area (Å²) in [4.78, 5) is 0. The van der Waals surface area contributed by atoms with Crippen LogP contribution in [-0.2, 0) is 0 Å². The Kier molecular flexibility index (Phi) is 2.79. The summed E-state index contributed by atoms with van der Waals surface area (Å²) >= 11 is 0. The van der Waals surface area contributed by atoms with E-state index in [1.54, 1.807) is 0 Å². The molecule has 0 fully saturated rings. The zero-order valence-electron chi connectivity index (χ0n) is 11.6. The van der Waals surface area contributed by atoms with Crippen LogP contribution < -0.4 is 4.57 Å². The summed E-state index contributed by atoms with van der Waals surface area (Å²) in [6, 6.07) is 27.2. The summed E-state index contributed by atoms with van der Waals surface area (Å²) in [5.41, 5.74) is 3.55. The highest BCUT2D eigenvalue weighted by Gasteiger charge is 2.20. The van der Waals surface area contributed by atoms with Crippen LogP contribution in [0.1, 0.15) is 0 Å². The summed E-state index contributed by atoms with van der Waals surface area (Å²) in [5, 5.41) is 0. The Bertz CT molecular complexity index is 877. The lowest BCUT2D eigenvalue weighted by atomic mass is 10.2. The van der Waals surface area contributed by atoms with Gasteiger partial charge in [-0.25, -0.2) is 0 Å². The molecule has 100 valence electrons. The Balaban J connectivity index is 2.07. The van der Waals surface area contributed by atoms with Crippen LogP contribution in [-0.4, -0.2) is 4.40 Å². The molecule has 0 N–H and O–H groups in total. The monoisotopic (exact) mass is 271 g/mol. The van der Waals surface area contributed by atoms with Crippen molar-refractivity contribution in [1.29, 1.82) is 0 Å². The predicted octanol–water partition coefficient (Wildman–Crippen LogP) is 3.88. The van der Waals surface area contributed by atoms with E-state index in [9.17, 15) is 0 Å². The molecule has 21 heavy (non-hydrogen) atoms. The van der Waals surface area contributed by atoms with Crippen LogP contribution in [0.4, 0.5) is 0 Å². The van der Waals surface area contributed by atoms with Gasteiger partial charge >= 0.3 is 0 Å². The first-order chi connectivity index (χ1) is 10.4. The molecule has 0 aliphatic rings. The number of nitrogens with zero attached hydrogens (tertiary/aromatic N) is 2. The number of para-hydroxylation sites is 1. The van der Waals surface area contributed by atoms with Gasteiger partial charge in [0.25, 0.3) is 5.82 Å². The van der Waals surface area contributed by atoms with E-state index < -0.39 is 0 Å². The van der Waals surface area contributed by atoms with Crippen LogP contribution in [0.2, 0.25) is 0 Å². The second-order valence-electron chi connectivity index (χ2n) is 5.02. The summed E-state index contributed by atoms with van der Waals surface area (Å²) < 4.78 is 4.47. The molecule has 2 aromatic heterocycles. The van der Waals surface area contributed by atoms with E-state index in [0.29, 0.717) is 0 Å². The fourth-order valence-electron chi connectivity index (χ4n) is 2.71. The number of rotatable bonds is 2. The molecule has 2 nitrogen and oxygen atoms in total. The Hall–Kier alpha value is -2.87. The Morgan fingerprint density at radius 2 is 1.33 bits per heavy atom. The van der Waals surface area contributed by atoms with Gasteiger partial charge < -0.3 is 0 Å². The minimum Gasteiger partial charge on any atom is -0.195 e. The van der Waals surface area contributed by atoms with Crippen LogP contribution in [0.3, 0.4) is 0 Å². The summed E-state index contributed by atoms with van der Waals surface area (Å²) in [7, 11) is 0. The molecule has 2 heterocycles. The molecule has 0 radical (unpaired) electrons. The Labute approximate surface area is 123 Å². The summed E-state index contributed by atoms with van der Waals surface area (Å²) in [5.74, 6) is 1.16. The normalized spacial score (nSPS) is 10.9. The topological polar surface area (TPSA) is 8.29 Å². The summed E-state index contributed by atoms with van der Waals surface area (Å²) in [6.07, 6.45) is 4.29. The molecular weight excluding hydrogens is 256 g/mol. The Morgan fingerprint density at radius 3 is 2.10 bits per heavy atom. The molecule has 0 amide bonds. The molecule has 0 bridgehead atoms. The fraction of sp³-hybridized carbons (Fsp3) is 0. The Morgan fingerprint density at radius 1 is 0.667 bits per heavy atom. The number of fused-ring (bicyclic) bond motifs is 1. The zero-order chi connectivity index (χ0) is 14.1. The van der Waals surface area contributed by atoms with E-state index in [-0.39, 0.29) is 0 Å². The third-order valence-corrected chi connectivity index (χ3v) is 3.68. The van der Waals surface area contributed by atoms with Crippen LogP contribution in [0, 0.1) is 0 Å². The highest BCUT2D eigenvalue weighted by Crippen LogP contribution is 2.19. The van der Waals surface area contributed by atoms with Gasteiger partial charge in [-0.1, -0.05) is 42.5 Å². The maximum absolute atomic E-state index is 2.24. The fourth-order valence-corrected chi connectivity index (χ4v) is 2.71. The summed E-state index contributed by atoms with van der Waals surface area (Å²) in [6.45, 7) is 0. The predicted molar refractivity (Wildman–Crippen MR) is 84.4 cm³/mol. The average Bonchev–Trinajstić information content (AvgIpc) is 2.96. The van der Waals surface area contributed by atoms with Crippen molar-refractivity contribution >= 4 is 5.52 Å². The van der Waals surface area contributed by atoms with Gasteiger partial charge in [-0.05, 0) is 36.4 Å². The molecule has 4 aromatic rings. The van der Waals surface area contributed by atoms with E-state index in [1.165, 1.54) is 16.8 Å². The second kappa shape index (κ2) is 4.91. The van der Waals surface area contributed by atoms with Gasteiger partial charge in [-0.15, -0.1) is 0 Å². The second-order valence-corrected chi connectivity index (χ2v) is 5.02. The molecule has 2 heteroatoms. The van der Waals surface area contributed by atoms with Crippen molar-refractivity contribution < 1.29 is 4.57 Å². The lowest BCUT2D eigenvalue weighted by molar-refractivity contribution is -0.582. The first kappa shape index (κ1) is 11.9. The van der Waals surface area contributed by atoms with Gasteiger partial charge in [0.05, 0.1) is 11.8 Å². The van der Waals surface area contributed by atoms with Gasteiger partial charge in [-0.3, -0.25) is 0 Å². The molecule has 2 aromatic carbocycles. The van der Waals surface area contributed by atoms with Crippen LogP contribution in [0.15, 0.2) is 91.3 Å². The molecule has 0 spiro atoms. The zero-order valence-corrected chi connectivity index (χ0v) is 11.6. The van der Waals surface area contributed by atoms with E-state index in [0.717, 1.165) is 5.82 Å². The van der Waals surface area contributed by atoms with Crippen LogP contribution >= 0.6 is 0 Å². The quantitative estimate of drug-likeness (QED) is 0.489. The van der Waals surface area contributed by atoms with E-state index in [1.807, 2.05) is 12.1 Å². The van der Waals surface area contributed by atoms with Gasteiger partial charge in [0.1, 0.15) is 11.9 Å². The molecule has 0 aliphatic carbocycles. The van der Waals surface area contributed by atoms with Crippen LogP contribution in [0.25, 0.3) is 22.6 Å². The number of benzene rings is 2. The van der Waals surface area contributed by atoms with Crippen molar-refractivity contribution in [2.75, 3.05) is 0 Å². The van der Waals surface area contributed by atoms with Gasteiger partial charge in [0, 0.05) is 0 Å². The highest BCUT2D eigenvalue weighted by molar-refractivity contribution is 5.59. The SMILES string of the molecule is c1ccc(-c2n3ccccc3c[n+]2-c2ccccc2)cc1. The van der Waals surface area contributed by atoms with Crippen molar-refractivity contribution in [3.05, 3.63) is 91.3 Å². The lowest BCUT2D eigenvalue weighted by Gasteiger charge is -2.01. The highest BCUT2D eigenvalue weighted by atomic mass is 15.1. The minimum atomic E-state index is 1.16. The first-order valence-corrected chi connectivity index (χ1v) is 7.06. The molecule has 0 saturated carbocycles. The van der Waals surface area contributed by atoms with Gasteiger partial charge in [0.2, 0.25) is 0 Å². The molecule has 0 atom stereocenters. The maximum Gasteiger partial charge on any atom is 0.299 e. The number of pyridine rings is 1. The molecular formula is C19H15N2+. The minimum absolute atomic E-state index is 1.16. The molecule has 4 rings (SSSR count). The largest absolute Gasteiger partial charge is 0.299 e. The standard InChI is InChI=1S/C19H15N2/c1-3-9-16(10-4-1)19-20-14-8-7-13-18(20)15-21(19)17-11-5-2-6-12-17/h1-15H/q+1. The van der Waals surface area contributed by atoms with Crippen molar-refractivity contribution in [2.45, 2.75) is 0 Å². The third-order valence-electron chi connectivity index (χ3n) is 3.68. The van der Waals surface area contributed by atoms with Crippen molar-refractivity contribution in [1.82, 2.24) is 4.40 Å². The van der Waals surface area contributed by atoms with E-state index in [4.69, 9.17) is 0 Å². The van der Waals surface area contributed by atoms with E-state index >= 15 is 0 Å². The average molecular weight is 271 g/mol. The van der Waals surface area contributed by atoms with Crippen molar-refractivity contribution in [2.24, 2.45) is 0 Å².